The summed E-state index contributed by atoms with van der Waals surface area (Å²) in [6.45, 7) is 1.48. The lowest BCUT2D eigenvalue weighted by atomic mass is 9.70. The van der Waals surface area contributed by atoms with Crippen LogP contribution in [0.15, 0.2) is 18.2 Å². The average Bonchev–Trinajstić information content (AvgIpc) is 2.92. The fourth-order valence-corrected chi connectivity index (χ4v) is 3.75. The van der Waals surface area contributed by atoms with E-state index in [4.69, 9.17) is 9.47 Å². The molecule has 3 heteroatoms. The zero-order valence-electron chi connectivity index (χ0n) is 11.7. The van der Waals surface area contributed by atoms with Crippen molar-refractivity contribution in [2.45, 2.75) is 44.1 Å². The lowest BCUT2D eigenvalue weighted by molar-refractivity contribution is -0.137. The summed E-state index contributed by atoms with van der Waals surface area (Å²) < 4.78 is 11.4. The van der Waals surface area contributed by atoms with Crippen LogP contribution in [0.5, 0.6) is 5.75 Å². The van der Waals surface area contributed by atoms with Gasteiger partial charge in [0.15, 0.2) is 5.78 Å². The molecule has 1 spiro atoms. The van der Waals surface area contributed by atoms with Gasteiger partial charge in [-0.05, 0) is 55.9 Å². The lowest BCUT2D eigenvalue weighted by Crippen LogP contribution is -2.47. The molecule has 1 aromatic rings. The number of carbonyl (C=O) groups is 1. The van der Waals surface area contributed by atoms with Crippen molar-refractivity contribution < 1.29 is 14.3 Å². The van der Waals surface area contributed by atoms with Crippen LogP contribution in [0.3, 0.4) is 0 Å². The number of rotatable bonds is 2. The third-order valence-corrected chi connectivity index (χ3v) is 5.10. The minimum absolute atomic E-state index is 0.0401. The van der Waals surface area contributed by atoms with Crippen LogP contribution in [0.25, 0.3) is 0 Å². The predicted molar refractivity (Wildman–Crippen MR) is 75.2 cm³/mol. The summed E-state index contributed by atoms with van der Waals surface area (Å²) in [5.41, 5.74) is 2.08. The Bertz CT molecular complexity index is 545. The molecule has 1 atom stereocenters. The molecular weight excluding hydrogens is 252 g/mol. The molecule has 20 heavy (non-hydrogen) atoms. The maximum absolute atomic E-state index is 12.7. The third-order valence-electron chi connectivity index (χ3n) is 5.10. The number of benzene rings is 1. The molecule has 2 aliphatic heterocycles. The van der Waals surface area contributed by atoms with E-state index < -0.39 is 0 Å². The summed E-state index contributed by atoms with van der Waals surface area (Å²) in [7, 11) is 0. The van der Waals surface area contributed by atoms with Gasteiger partial charge in [0.2, 0.25) is 0 Å². The SMILES string of the molecule is O=C(c1ccc2c(c1)CCO2)C1CCOC2(CCC2)C1. The Labute approximate surface area is 119 Å². The summed E-state index contributed by atoms with van der Waals surface area (Å²) in [6.07, 6.45) is 6.22. The van der Waals surface area contributed by atoms with Crippen molar-refractivity contribution >= 4 is 5.78 Å². The molecular formula is C17H20O3. The molecule has 1 aromatic carbocycles. The molecule has 1 unspecified atom stereocenters. The van der Waals surface area contributed by atoms with Gasteiger partial charge in [0.1, 0.15) is 5.75 Å². The van der Waals surface area contributed by atoms with Crippen LogP contribution in [0.1, 0.15) is 48.0 Å². The van der Waals surface area contributed by atoms with Gasteiger partial charge in [0, 0.05) is 24.5 Å². The van der Waals surface area contributed by atoms with E-state index in [1.54, 1.807) is 0 Å². The van der Waals surface area contributed by atoms with Crippen LogP contribution in [0.4, 0.5) is 0 Å². The number of hydrogen-bond acceptors (Lipinski definition) is 3. The van der Waals surface area contributed by atoms with E-state index in [1.807, 2.05) is 18.2 Å². The van der Waals surface area contributed by atoms with Gasteiger partial charge in [0.05, 0.1) is 12.2 Å². The van der Waals surface area contributed by atoms with Gasteiger partial charge in [-0.1, -0.05) is 0 Å². The molecule has 0 bridgehead atoms. The van der Waals surface area contributed by atoms with Crippen LogP contribution in [-0.2, 0) is 11.2 Å². The van der Waals surface area contributed by atoms with Crippen LogP contribution in [-0.4, -0.2) is 24.6 Å². The van der Waals surface area contributed by atoms with Crippen molar-refractivity contribution in [1.82, 2.24) is 0 Å². The van der Waals surface area contributed by atoms with E-state index in [1.165, 1.54) is 12.0 Å². The van der Waals surface area contributed by atoms with Crippen molar-refractivity contribution in [3.05, 3.63) is 29.3 Å². The zero-order valence-corrected chi connectivity index (χ0v) is 11.7. The predicted octanol–water partition coefficient (Wildman–Crippen LogP) is 3.15. The quantitative estimate of drug-likeness (QED) is 0.776. The molecule has 1 aliphatic carbocycles. The number of fused-ring (bicyclic) bond motifs is 1. The minimum Gasteiger partial charge on any atom is -0.493 e. The van der Waals surface area contributed by atoms with E-state index in [0.29, 0.717) is 5.78 Å². The smallest absolute Gasteiger partial charge is 0.166 e. The average molecular weight is 272 g/mol. The molecule has 0 radical (unpaired) electrons. The third kappa shape index (κ3) is 1.96. The zero-order chi connectivity index (χ0) is 13.6. The van der Waals surface area contributed by atoms with Crippen LogP contribution in [0.2, 0.25) is 0 Å². The van der Waals surface area contributed by atoms with Crippen molar-refractivity contribution in [3.63, 3.8) is 0 Å². The largest absolute Gasteiger partial charge is 0.493 e. The highest BCUT2D eigenvalue weighted by Crippen LogP contribution is 2.45. The maximum atomic E-state index is 12.7. The number of ketones is 1. The normalized spacial score (nSPS) is 26.7. The van der Waals surface area contributed by atoms with E-state index in [9.17, 15) is 4.79 Å². The van der Waals surface area contributed by atoms with Gasteiger partial charge >= 0.3 is 0 Å². The van der Waals surface area contributed by atoms with E-state index >= 15 is 0 Å². The van der Waals surface area contributed by atoms with Crippen LogP contribution in [0, 0.1) is 5.92 Å². The molecule has 0 N–H and O–H groups in total. The van der Waals surface area contributed by atoms with Crippen molar-refractivity contribution in [3.8, 4) is 5.75 Å². The summed E-state index contributed by atoms with van der Waals surface area (Å²) in [5.74, 6) is 1.39. The van der Waals surface area contributed by atoms with Crippen LogP contribution >= 0.6 is 0 Å². The first-order valence-electron chi connectivity index (χ1n) is 7.70. The lowest BCUT2D eigenvalue weighted by Gasteiger charge is -2.46. The number of Topliss-reactive ketones (excluding diaryl/α,β-unsaturated/α-hetero) is 1. The minimum atomic E-state index is 0.0401. The summed E-state index contributed by atoms with van der Waals surface area (Å²) in [4.78, 5) is 12.7. The van der Waals surface area contributed by atoms with E-state index in [0.717, 1.165) is 56.6 Å². The standard InChI is InChI=1S/C17H20O3/c18-16(13-2-3-15-12(10-13)4-8-19-15)14-5-9-20-17(11-14)6-1-7-17/h2-3,10,14H,1,4-9,11H2. The second-order valence-electron chi connectivity index (χ2n) is 6.36. The molecule has 106 valence electrons. The molecule has 1 saturated heterocycles. The fraction of sp³-hybridized carbons (Fsp3) is 0.588. The van der Waals surface area contributed by atoms with Gasteiger partial charge in [-0.3, -0.25) is 4.79 Å². The topological polar surface area (TPSA) is 35.5 Å². The van der Waals surface area contributed by atoms with Gasteiger partial charge in [-0.15, -0.1) is 0 Å². The number of hydrogen-bond donors (Lipinski definition) is 0. The van der Waals surface area contributed by atoms with Gasteiger partial charge in [-0.2, -0.15) is 0 Å². The number of ether oxygens (including phenoxy) is 2. The van der Waals surface area contributed by atoms with Gasteiger partial charge in [-0.25, -0.2) is 0 Å². The first-order valence-corrected chi connectivity index (χ1v) is 7.70. The van der Waals surface area contributed by atoms with Crippen LogP contribution < -0.4 is 4.74 Å². The van der Waals surface area contributed by atoms with Crippen molar-refractivity contribution in [2.75, 3.05) is 13.2 Å². The molecule has 0 aromatic heterocycles. The Balaban J connectivity index is 1.54. The highest BCUT2D eigenvalue weighted by molar-refractivity contribution is 5.98. The first kappa shape index (κ1) is 12.4. The summed E-state index contributed by atoms with van der Waals surface area (Å²) in [6, 6.07) is 5.91. The Morgan fingerprint density at radius 3 is 2.95 bits per heavy atom. The molecule has 0 amide bonds. The van der Waals surface area contributed by atoms with Gasteiger partial charge < -0.3 is 9.47 Å². The number of carbonyl (C=O) groups excluding carboxylic acids is 1. The Kier molecular flexibility index (Phi) is 2.84. The molecule has 2 heterocycles. The molecule has 3 aliphatic rings. The monoisotopic (exact) mass is 272 g/mol. The second-order valence-corrected chi connectivity index (χ2v) is 6.36. The molecule has 1 saturated carbocycles. The molecule has 4 rings (SSSR count). The second kappa shape index (κ2) is 4.59. The van der Waals surface area contributed by atoms with Crippen molar-refractivity contribution in [2.24, 2.45) is 5.92 Å². The maximum Gasteiger partial charge on any atom is 0.166 e. The Morgan fingerprint density at radius 2 is 2.15 bits per heavy atom. The fourth-order valence-electron chi connectivity index (χ4n) is 3.75. The Morgan fingerprint density at radius 1 is 1.25 bits per heavy atom. The van der Waals surface area contributed by atoms with Gasteiger partial charge in [0.25, 0.3) is 0 Å². The molecule has 2 fully saturated rings. The molecule has 3 nitrogen and oxygen atoms in total. The van der Waals surface area contributed by atoms with E-state index in [-0.39, 0.29) is 11.5 Å². The van der Waals surface area contributed by atoms with E-state index in [2.05, 4.69) is 0 Å². The summed E-state index contributed by atoms with van der Waals surface area (Å²) in [5, 5.41) is 0. The van der Waals surface area contributed by atoms with Crippen molar-refractivity contribution in [1.29, 1.82) is 0 Å². The summed E-state index contributed by atoms with van der Waals surface area (Å²) >= 11 is 0. The highest BCUT2D eigenvalue weighted by Gasteiger charge is 2.44. The first-order chi connectivity index (χ1) is 9.76. The Hall–Kier alpha value is -1.35. The highest BCUT2D eigenvalue weighted by atomic mass is 16.5.